The average molecular weight is 327 g/mol. The summed E-state index contributed by atoms with van der Waals surface area (Å²) in [5.41, 5.74) is -0.197. The summed E-state index contributed by atoms with van der Waals surface area (Å²) in [7, 11) is 1.68. The summed E-state index contributed by atoms with van der Waals surface area (Å²) < 4.78 is 1.02. The zero-order valence-corrected chi connectivity index (χ0v) is 12.0. The Labute approximate surface area is 116 Å². The lowest BCUT2D eigenvalue weighted by Gasteiger charge is -2.15. The second-order valence-electron chi connectivity index (χ2n) is 3.78. The summed E-state index contributed by atoms with van der Waals surface area (Å²) in [6.45, 7) is 0.490. The number of nitrogens with zero attached hydrogens (tertiary/aromatic N) is 1. The second-order valence-corrected chi connectivity index (χ2v) is 6.33. The minimum atomic E-state index is -0.360. The van der Waals surface area contributed by atoms with Crippen molar-refractivity contribution < 1.29 is 4.79 Å². The Morgan fingerprint density at radius 2 is 2.22 bits per heavy atom. The summed E-state index contributed by atoms with van der Waals surface area (Å²) in [4.78, 5) is 28.7. The third-order valence-electron chi connectivity index (χ3n) is 2.42. The van der Waals surface area contributed by atoms with Crippen molar-refractivity contribution in [1.82, 2.24) is 9.88 Å². The molecule has 0 saturated carbocycles. The van der Waals surface area contributed by atoms with E-state index >= 15 is 0 Å². The number of amides is 1. The van der Waals surface area contributed by atoms with Crippen molar-refractivity contribution in [3.8, 4) is 0 Å². The minimum absolute atomic E-state index is 0.163. The fourth-order valence-corrected chi connectivity index (χ4v) is 3.07. The maximum Gasteiger partial charge on any atom is 0.260 e. The number of nitrogens with one attached hydrogen (secondary N) is 1. The van der Waals surface area contributed by atoms with Gasteiger partial charge in [-0.25, -0.2) is 0 Å². The topological polar surface area (TPSA) is 53.2 Å². The molecule has 0 unspecified atom stereocenters. The molecule has 0 radical (unpaired) electrons. The van der Waals surface area contributed by atoms with Crippen LogP contribution in [0.15, 0.2) is 39.0 Å². The Kier molecular flexibility index (Phi) is 3.98. The highest BCUT2D eigenvalue weighted by Crippen LogP contribution is 2.23. The fraction of sp³-hybridized carbons (Fsp3) is 0.167. The van der Waals surface area contributed by atoms with E-state index < -0.39 is 0 Å². The van der Waals surface area contributed by atoms with Gasteiger partial charge < -0.3 is 9.88 Å². The molecule has 0 bridgehead atoms. The van der Waals surface area contributed by atoms with E-state index in [0.717, 1.165) is 8.66 Å². The van der Waals surface area contributed by atoms with Crippen LogP contribution in [0.4, 0.5) is 0 Å². The largest absolute Gasteiger partial charge is 0.336 e. The standard InChI is InChI=1S/C12H11BrN2O2S/c1-15(7-8-4-5-10(13)18-8)12(17)9-3-2-6-14-11(9)16/h2-6H,7H2,1H3,(H,14,16). The number of thiophene rings is 1. The van der Waals surface area contributed by atoms with Crippen LogP contribution in [-0.2, 0) is 6.54 Å². The number of aromatic amines is 1. The number of carbonyl (C=O) groups is 1. The van der Waals surface area contributed by atoms with Crippen molar-refractivity contribution in [2.24, 2.45) is 0 Å². The molecular formula is C12H11BrN2O2S. The van der Waals surface area contributed by atoms with Crippen LogP contribution in [0.1, 0.15) is 15.2 Å². The zero-order chi connectivity index (χ0) is 13.1. The molecule has 94 valence electrons. The third kappa shape index (κ3) is 2.88. The van der Waals surface area contributed by atoms with Crippen LogP contribution in [0.25, 0.3) is 0 Å². The summed E-state index contributed by atoms with van der Waals surface area (Å²) in [5.74, 6) is -0.277. The number of aromatic nitrogens is 1. The maximum absolute atomic E-state index is 12.1. The Morgan fingerprint density at radius 1 is 1.44 bits per heavy atom. The number of H-pyrrole nitrogens is 1. The van der Waals surface area contributed by atoms with Gasteiger partial charge >= 0.3 is 0 Å². The van der Waals surface area contributed by atoms with E-state index in [9.17, 15) is 9.59 Å². The fourth-order valence-electron chi connectivity index (χ4n) is 1.54. The number of pyridine rings is 1. The van der Waals surface area contributed by atoms with Gasteiger partial charge in [0, 0.05) is 18.1 Å². The molecule has 6 heteroatoms. The van der Waals surface area contributed by atoms with E-state index in [1.54, 1.807) is 24.5 Å². The Balaban J connectivity index is 2.15. The van der Waals surface area contributed by atoms with Crippen molar-refractivity contribution in [2.75, 3.05) is 7.05 Å². The lowest BCUT2D eigenvalue weighted by Crippen LogP contribution is -2.30. The van der Waals surface area contributed by atoms with Gasteiger partial charge in [0.2, 0.25) is 0 Å². The summed E-state index contributed by atoms with van der Waals surface area (Å²) in [5, 5.41) is 0. The van der Waals surface area contributed by atoms with Crippen molar-refractivity contribution in [1.29, 1.82) is 0 Å². The van der Waals surface area contributed by atoms with Crippen LogP contribution in [0.2, 0.25) is 0 Å². The lowest BCUT2D eigenvalue weighted by atomic mass is 10.2. The molecule has 2 rings (SSSR count). The van der Waals surface area contributed by atoms with Gasteiger partial charge in [0.25, 0.3) is 11.5 Å². The summed E-state index contributed by atoms with van der Waals surface area (Å²) in [6.07, 6.45) is 1.51. The third-order valence-corrected chi connectivity index (χ3v) is 4.03. The molecule has 0 spiro atoms. The van der Waals surface area contributed by atoms with Gasteiger partial charge in [-0.1, -0.05) is 0 Å². The van der Waals surface area contributed by atoms with Crippen LogP contribution < -0.4 is 5.56 Å². The van der Waals surface area contributed by atoms with E-state index in [4.69, 9.17) is 0 Å². The normalized spacial score (nSPS) is 10.3. The monoisotopic (exact) mass is 326 g/mol. The van der Waals surface area contributed by atoms with E-state index in [2.05, 4.69) is 20.9 Å². The molecule has 1 amide bonds. The molecule has 2 heterocycles. The van der Waals surface area contributed by atoms with Crippen molar-refractivity contribution in [3.63, 3.8) is 0 Å². The molecule has 4 nitrogen and oxygen atoms in total. The van der Waals surface area contributed by atoms with Crippen molar-refractivity contribution >= 4 is 33.2 Å². The minimum Gasteiger partial charge on any atom is -0.336 e. The second kappa shape index (κ2) is 5.49. The highest BCUT2D eigenvalue weighted by atomic mass is 79.9. The number of hydrogen-bond donors (Lipinski definition) is 1. The van der Waals surface area contributed by atoms with Crippen LogP contribution in [-0.4, -0.2) is 22.8 Å². The molecule has 0 aliphatic rings. The quantitative estimate of drug-likeness (QED) is 0.942. The molecule has 2 aromatic rings. The van der Waals surface area contributed by atoms with E-state index in [-0.39, 0.29) is 17.0 Å². The Hall–Kier alpha value is -1.40. The molecule has 0 atom stereocenters. The van der Waals surface area contributed by atoms with E-state index in [0.29, 0.717) is 6.54 Å². The smallest absolute Gasteiger partial charge is 0.260 e. The molecule has 0 fully saturated rings. The first-order valence-corrected chi connectivity index (χ1v) is 6.86. The van der Waals surface area contributed by atoms with Crippen LogP contribution in [0.5, 0.6) is 0 Å². The first kappa shape index (κ1) is 13.0. The van der Waals surface area contributed by atoms with Crippen LogP contribution in [0.3, 0.4) is 0 Å². The summed E-state index contributed by atoms with van der Waals surface area (Å²) >= 11 is 4.95. The molecular weight excluding hydrogens is 316 g/mol. The van der Waals surface area contributed by atoms with E-state index in [1.807, 2.05) is 12.1 Å². The molecule has 18 heavy (non-hydrogen) atoms. The van der Waals surface area contributed by atoms with Gasteiger partial charge in [0.05, 0.1) is 10.3 Å². The predicted octanol–water partition coefficient (Wildman–Crippen LogP) is 2.47. The number of halogens is 1. The summed E-state index contributed by atoms with van der Waals surface area (Å²) in [6, 6.07) is 7.06. The molecule has 2 aromatic heterocycles. The van der Waals surface area contributed by atoms with Crippen LogP contribution >= 0.6 is 27.3 Å². The highest BCUT2D eigenvalue weighted by molar-refractivity contribution is 9.11. The number of carbonyl (C=O) groups excluding carboxylic acids is 1. The lowest BCUT2D eigenvalue weighted by molar-refractivity contribution is 0.0784. The highest BCUT2D eigenvalue weighted by Gasteiger charge is 2.15. The van der Waals surface area contributed by atoms with Crippen LogP contribution in [0, 0.1) is 0 Å². The van der Waals surface area contributed by atoms with Gasteiger partial charge in [0.15, 0.2) is 0 Å². The SMILES string of the molecule is CN(Cc1ccc(Br)s1)C(=O)c1ccc[nH]c1=O. The number of hydrogen-bond acceptors (Lipinski definition) is 3. The van der Waals surface area contributed by atoms with Gasteiger partial charge in [-0.15, -0.1) is 11.3 Å². The molecule has 1 N–H and O–H groups in total. The van der Waals surface area contributed by atoms with Gasteiger partial charge in [-0.3, -0.25) is 9.59 Å². The number of rotatable bonds is 3. The van der Waals surface area contributed by atoms with Gasteiger partial charge in [-0.05, 0) is 40.2 Å². The Bertz CT molecular complexity index is 620. The Morgan fingerprint density at radius 3 is 2.83 bits per heavy atom. The van der Waals surface area contributed by atoms with Crippen molar-refractivity contribution in [3.05, 3.63) is 55.0 Å². The van der Waals surface area contributed by atoms with E-state index in [1.165, 1.54) is 17.2 Å². The predicted molar refractivity (Wildman–Crippen MR) is 74.9 cm³/mol. The van der Waals surface area contributed by atoms with Gasteiger partial charge in [-0.2, -0.15) is 0 Å². The molecule has 0 aromatic carbocycles. The molecule has 0 aliphatic carbocycles. The zero-order valence-electron chi connectivity index (χ0n) is 9.64. The molecule has 0 saturated heterocycles. The molecule has 0 aliphatic heterocycles. The first-order chi connectivity index (χ1) is 8.58. The first-order valence-electron chi connectivity index (χ1n) is 5.25. The van der Waals surface area contributed by atoms with Gasteiger partial charge in [0.1, 0.15) is 5.56 Å². The van der Waals surface area contributed by atoms with Crippen molar-refractivity contribution in [2.45, 2.75) is 6.54 Å². The average Bonchev–Trinajstić information content (AvgIpc) is 2.74. The maximum atomic E-state index is 12.1.